The molecule has 0 fully saturated rings. The molecule has 4 heterocycles. The Bertz CT molecular complexity index is 1350. The first-order valence-electron chi connectivity index (χ1n) is 10.0. The maximum atomic E-state index is 11.1. The summed E-state index contributed by atoms with van der Waals surface area (Å²) in [6.07, 6.45) is 5.73. The lowest BCUT2D eigenvalue weighted by Crippen LogP contribution is -2.12. The lowest BCUT2D eigenvalue weighted by Gasteiger charge is -2.17. The number of nitrogens with zero attached hydrogens (tertiary/aromatic N) is 7. The normalized spacial score (nSPS) is 15.6. The van der Waals surface area contributed by atoms with E-state index >= 15 is 0 Å². The maximum absolute atomic E-state index is 11.1. The van der Waals surface area contributed by atoms with Crippen molar-refractivity contribution in [2.24, 2.45) is 5.10 Å². The second kappa shape index (κ2) is 8.12. The Balaban J connectivity index is 1.53. The van der Waals surface area contributed by atoms with Gasteiger partial charge >= 0.3 is 0 Å². The summed E-state index contributed by atoms with van der Waals surface area (Å²) < 4.78 is 7.33. The molecular formula is C22H21N7O2S. The second-order valence-corrected chi connectivity index (χ2v) is 8.79. The zero-order chi connectivity index (χ0) is 22.2. The molecule has 1 atom stereocenters. The smallest absolute Gasteiger partial charge is 0.298 e. The highest BCUT2D eigenvalue weighted by Gasteiger charge is 2.19. The third-order valence-electron chi connectivity index (χ3n) is 5.35. The molecule has 4 aromatic rings. The van der Waals surface area contributed by atoms with Crippen LogP contribution in [-0.4, -0.2) is 65.0 Å². The number of benzene rings is 1. The van der Waals surface area contributed by atoms with Crippen molar-refractivity contribution in [3.05, 3.63) is 48.3 Å². The van der Waals surface area contributed by atoms with Crippen LogP contribution in [0.4, 0.5) is 5.69 Å². The van der Waals surface area contributed by atoms with Crippen LogP contribution in [0.2, 0.25) is 0 Å². The fourth-order valence-corrected chi connectivity index (χ4v) is 4.59. The van der Waals surface area contributed by atoms with Crippen LogP contribution in [0.1, 0.15) is 11.5 Å². The Kier molecular flexibility index (Phi) is 5.14. The van der Waals surface area contributed by atoms with Gasteiger partial charge < -0.3 is 9.64 Å². The van der Waals surface area contributed by atoms with Gasteiger partial charge in [0.2, 0.25) is 0 Å². The molecule has 0 aliphatic carbocycles. The molecule has 0 amide bonds. The third kappa shape index (κ3) is 3.62. The summed E-state index contributed by atoms with van der Waals surface area (Å²) in [5.74, 6) is 0.722. The molecule has 5 rings (SSSR count). The first-order chi connectivity index (χ1) is 15.5. The van der Waals surface area contributed by atoms with Crippen molar-refractivity contribution in [2.45, 2.75) is 16.0 Å². The number of hydrogen-bond donors (Lipinski definition) is 0. The fourth-order valence-electron chi connectivity index (χ4n) is 3.74. The zero-order valence-corrected chi connectivity index (χ0v) is 18.7. The Hall–Kier alpha value is -3.66. The Morgan fingerprint density at radius 2 is 2.09 bits per heavy atom. The summed E-state index contributed by atoms with van der Waals surface area (Å²) in [5, 5.41) is 16.5. The topological polar surface area (TPSA) is 88.2 Å². The Labute approximate surface area is 188 Å². The molecule has 0 radical (unpaired) electrons. The molecule has 0 saturated heterocycles. The number of carbonyl (C=O) groups excluding carboxylic acids is 1. The first kappa shape index (κ1) is 20.3. The molecule has 162 valence electrons. The number of carbonyl (C=O) groups is 1. The van der Waals surface area contributed by atoms with Crippen LogP contribution >= 0.6 is 11.8 Å². The molecule has 3 aromatic heterocycles. The molecular weight excluding hydrogens is 426 g/mol. The van der Waals surface area contributed by atoms with Gasteiger partial charge in [0, 0.05) is 56.3 Å². The van der Waals surface area contributed by atoms with Crippen LogP contribution in [0.3, 0.4) is 0 Å². The Morgan fingerprint density at radius 1 is 1.22 bits per heavy atom. The van der Waals surface area contributed by atoms with E-state index in [1.54, 1.807) is 6.20 Å². The average Bonchev–Trinajstić information content (AvgIpc) is 3.40. The highest BCUT2D eigenvalue weighted by molar-refractivity contribution is 7.99. The molecule has 1 aliphatic heterocycles. The summed E-state index contributed by atoms with van der Waals surface area (Å²) in [4.78, 5) is 18.4. The van der Waals surface area contributed by atoms with E-state index in [1.165, 1.54) is 11.8 Å². The number of anilines is 1. The average molecular weight is 448 g/mol. The van der Waals surface area contributed by atoms with Crippen molar-refractivity contribution in [1.29, 1.82) is 0 Å². The number of aromatic nitrogens is 4. The summed E-state index contributed by atoms with van der Waals surface area (Å²) in [7, 11) is 5.73. The van der Waals surface area contributed by atoms with E-state index in [4.69, 9.17) is 4.74 Å². The van der Waals surface area contributed by atoms with Crippen molar-refractivity contribution >= 4 is 46.7 Å². The van der Waals surface area contributed by atoms with E-state index in [2.05, 4.69) is 32.5 Å². The number of likely N-dealkylation sites (N-methyl/N-ethyl adjacent to an activating group) is 1. The highest BCUT2D eigenvalue weighted by Crippen LogP contribution is 2.37. The third-order valence-corrected chi connectivity index (χ3v) is 6.31. The van der Waals surface area contributed by atoms with Gasteiger partial charge in [-0.25, -0.2) is 0 Å². The van der Waals surface area contributed by atoms with Gasteiger partial charge in [-0.05, 0) is 41.6 Å². The largest absolute Gasteiger partial charge is 0.426 e. The van der Waals surface area contributed by atoms with Gasteiger partial charge in [-0.2, -0.15) is 5.10 Å². The monoisotopic (exact) mass is 447 g/mol. The number of pyridine rings is 2. The van der Waals surface area contributed by atoms with Crippen LogP contribution in [0, 0.1) is 0 Å². The number of hydrogen-bond acceptors (Lipinski definition) is 9. The van der Waals surface area contributed by atoms with E-state index < -0.39 is 0 Å². The molecule has 1 unspecified atom stereocenters. The van der Waals surface area contributed by atoms with E-state index in [1.807, 2.05) is 65.9 Å². The number of rotatable bonds is 6. The van der Waals surface area contributed by atoms with Gasteiger partial charge in [-0.1, -0.05) is 6.07 Å². The lowest BCUT2D eigenvalue weighted by molar-refractivity contribution is -0.120. The zero-order valence-electron chi connectivity index (χ0n) is 17.8. The summed E-state index contributed by atoms with van der Waals surface area (Å²) in [6, 6.07) is 9.89. The van der Waals surface area contributed by atoms with Crippen molar-refractivity contribution in [1.82, 2.24) is 24.6 Å². The van der Waals surface area contributed by atoms with Crippen molar-refractivity contribution in [2.75, 3.05) is 32.6 Å². The summed E-state index contributed by atoms with van der Waals surface area (Å²) in [6.45, 7) is 1.29. The Morgan fingerprint density at radius 3 is 2.84 bits per heavy atom. The molecule has 1 aromatic carbocycles. The first-order valence-corrected chi connectivity index (χ1v) is 10.8. The molecule has 0 bridgehead atoms. The van der Waals surface area contributed by atoms with Gasteiger partial charge in [-0.15, -0.1) is 10.2 Å². The minimum atomic E-state index is 0.240. The van der Waals surface area contributed by atoms with E-state index in [0.29, 0.717) is 12.2 Å². The second-order valence-electron chi connectivity index (χ2n) is 7.75. The molecule has 0 spiro atoms. The fraction of sp³-hybridized carbons (Fsp3) is 0.227. The van der Waals surface area contributed by atoms with E-state index in [-0.39, 0.29) is 5.92 Å². The minimum Gasteiger partial charge on any atom is -0.426 e. The van der Waals surface area contributed by atoms with E-state index in [9.17, 15) is 4.79 Å². The summed E-state index contributed by atoms with van der Waals surface area (Å²) >= 11 is 1.49. The van der Waals surface area contributed by atoms with Crippen LogP contribution in [0.5, 0.6) is 5.75 Å². The van der Waals surface area contributed by atoms with Crippen LogP contribution < -0.4 is 9.64 Å². The minimum absolute atomic E-state index is 0.240. The lowest BCUT2D eigenvalue weighted by atomic mass is 10.0. The van der Waals surface area contributed by atoms with Crippen LogP contribution in [0.25, 0.3) is 16.6 Å². The van der Waals surface area contributed by atoms with Crippen molar-refractivity contribution in [3.63, 3.8) is 0 Å². The molecule has 10 heteroatoms. The molecule has 0 N–H and O–H groups in total. The van der Waals surface area contributed by atoms with Gasteiger partial charge in [0.25, 0.3) is 6.47 Å². The van der Waals surface area contributed by atoms with Crippen molar-refractivity contribution in [3.8, 4) is 5.75 Å². The highest BCUT2D eigenvalue weighted by atomic mass is 32.2. The van der Waals surface area contributed by atoms with Crippen LogP contribution in [0.15, 0.2) is 57.9 Å². The maximum Gasteiger partial charge on any atom is 0.298 e. The van der Waals surface area contributed by atoms with Gasteiger partial charge in [0.05, 0.1) is 17.4 Å². The molecule has 9 nitrogen and oxygen atoms in total. The molecule has 1 aliphatic rings. The van der Waals surface area contributed by atoms with Crippen LogP contribution in [-0.2, 0) is 4.79 Å². The quantitative estimate of drug-likeness (QED) is 0.417. The van der Waals surface area contributed by atoms with Gasteiger partial charge in [0.15, 0.2) is 16.6 Å². The van der Waals surface area contributed by atoms with E-state index in [0.717, 1.165) is 44.4 Å². The van der Waals surface area contributed by atoms with Crippen molar-refractivity contribution < 1.29 is 9.53 Å². The van der Waals surface area contributed by atoms with Gasteiger partial charge in [-0.3, -0.25) is 19.2 Å². The number of hydrazone groups is 1. The molecule has 32 heavy (non-hydrogen) atoms. The standard InChI is InChI=1S/C22H21N7O2S/c1-27(2)19-10-23-18-6-5-16(8-17(18)21(19)31-13-30)32-22-26-25-20-7-4-14(12-29(20)22)15-9-24-28(3)11-15/h4-10,12-13,15H,11H2,1-3H3. The number of ether oxygens (including phenoxy) is 1. The SMILES string of the molecule is CN1CC(c2ccc3nnc(Sc4ccc5ncc(N(C)C)c(OC=O)c5c4)n3c2)C=N1. The summed E-state index contributed by atoms with van der Waals surface area (Å²) in [5.41, 5.74) is 3.41. The van der Waals surface area contributed by atoms with Gasteiger partial charge in [0.1, 0.15) is 0 Å². The number of fused-ring (bicyclic) bond motifs is 2. The molecule has 0 saturated carbocycles. The predicted octanol–water partition coefficient (Wildman–Crippen LogP) is 3.04. The predicted molar refractivity (Wildman–Crippen MR) is 124 cm³/mol.